The molecule has 5 nitrogen and oxygen atoms in total. The number of ether oxygens (including phenoxy) is 1. The van der Waals surface area contributed by atoms with Gasteiger partial charge >= 0.3 is 0 Å². The highest BCUT2D eigenvalue weighted by Gasteiger charge is 2.06. The molecule has 0 spiro atoms. The summed E-state index contributed by atoms with van der Waals surface area (Å²) >= 11 is 3.31. The first-order valence-electron chi connectivity index (χ1n) is 5.94. The summed E-state index contributed by atoms with van der Waals surface area (Å²) in [6.07, 6.45) is 1.43. The van der Waals surface area contributed by atoms with Crippen LogP contribution in [-0.4, -0.2) is 22.9 Å². The molecule has 0 aliphatic rings. The Bertz CT molecular complexity index is 660. The van der Waals surface area contributed by atoms with Crippen LogP contribution >= 0.6 is 15.9 Å². The highest BCUT2D eigenvalue weighted by atomic mass is 79.9. The van der Waals surface area contributed by atoms with E-state index in [4.69, 9.17) is 10.5 Å². The molecule has 0 radical (unpaired) electrons. The van der Waals surface area contributed by atoms with E-state index in [0.717, 1.165) is 4.47 Å². The Morgan fingerprint density at radius 2 is 2.20 bits per heavy atom. The maximum absolute atomic E-state index is 13.2. The van der Waals surface area contributed by atoms with Crippen molar-refractivity contribution in [1.29, 1.82) is 0 Å². The van der Waals surface area contributed by atoms with Gasteiger partial charge in [-0.05, 0) is 23.8 Å². The summed E-state index contributed by atoms with van der Waals surface area (Å²) in [5, 5.41) is 3.99. The van der Waals surface area contributed by atoms with E-state index < -0.39 is 0 Å². The number of aromatic nitrogens is 2. The van der Waals surface area contributed by atoms with Crippen molar-refractivity contribution >= 4 is 15.9 Å². The molecular formula is C13H13BrFN3O2. The van der Waals surface area contributed by atoms with E-state index in [9.17, 15) is 9.18 Å². The molecule has 1 heterocycles. The predicted molar refractivity (Wildman–Crippen MR) is 76.2 cm³/mol. The molecular weight excluding hydrogens is 329 g/mol. The van der Waals surface area contributed by atoms with Crippen molar-refractivity contribution in [3.63, 3.8) is 0 Å². The molecule has 2 rings (SSSR count). The summed E-state index contributed by atoms with van der Waals surface area (Å²) in [5.74, 6) is 0.00848. The average molecular weight is 342 g/mol. The van der Waals surface area contributed by atoms with E-state index >= 15 is 0 Å². The van der Waals surface area contributed by atoms with Gasteiger partial charge in [0.25, 0.3) is 5.56 Å². The van der Waals surface area contributed by atoms with Gasteiger partial charge in [0.05, 0.1) is 12.7 Å². The second kappa shape index (κ2) is 6.62. The molecule has 0 saturated heterocycles. The Morgan fingerprint density at radius 1 is 1.40 bits per heavy atom. The molecule has 0 aliphatic carbocycles. The van der Waals surface area contributed by atoms with Gasteiger partial charge in [-0.1, -0.05) is 15.9 Å². The van der Waals surface area contributed by atoms with Gasteiger partial charge in [0.1, 0.15) is 18.2 Å². The highest BCUT2D eigenvalue weighted by Crippen LogP contribution is 2.18. The average Bonchev–Trinajstić information content (AvgIpc) is 2.43. The number of nitrogens with zero attached hydrogens (tertiary/aromatic N) is 2. The molecule has 0 unspecified atom stereocenters. The highest BCUT2D eigenvalue weighted by molar-refractivity contribution is 9.10. The molecule has 0 saturated carbocycles. The quantitative estimate of drug-likeness (QED) is 0.895. The lowest BCUT2D eigenvalue weighted by atomic mass is 10.2. The van der Waals surface area contributed by atoms with Crippen LogP contribution < -0.4 is 16.0 Å². The van der Waals surface area contributed by atoms with Crippen LogP contribution in [0.3, 0.4) is 0 Å². The molecule has 1 aromatic carbocycles. The van der Waals surface area contributed by atoms with Crippen LogP contribution in [0, 0.1) is 5.82 Å². The van der Waals surface area contributed by atoms with Gasteiger partial charge < -0.3 is 10.5 Å². The van der Waals surface area contributed by atoms with Crippen molar-refractivity contribution in [3.05, 3.63) is 56.7 Å². The smallest absolute Gasteiger partial charge is 0.270 e. The summed E-state index contributed by atoms with van der Waals surface area (Å²) in [7, 11) is 0. The summed E-state index contributed by atoms with van der Waals surface area (Å²) < 4.78 is 20.4. The summed E-state index contributed by atoms with van der Waals surface area (Å²) in [6.45, 7) is 0.855. The Balaban J connectivity index is 2.21. The van der Waals surface area contributed by atoms with Crippen molar-refractivity contribution < 1.29 is 9.13 Å². The van der Waals surface area contributed by atoms with Gasteiger partial charge in [-0.2, -0.15) is 5.10 Å². The van der Waals surface area contributed by atoms with Crippen molar-refractivity contribution in [1.82, 2.24) is 9.78 Å². The predicted octanol–water partition coefficient (Wildman–Crippen LogP) is 1.53. The number of rotatable bonds is 5. The van der Waals surface area contributed by atoms with Crippen LogP contribution in [0.25, 0.3) is 0 Å². The third kappa shape index (κ3) is 3.64. The van der Waals surface area contributed by atoms with Crippen molar-refractivity contribution in [2.75, 3.05) is 13.2 Å². The van der Waals surface area contributed by atoms with Gasteiger partial charge in [0.2, 0.25) is 0 Å². The van der Waals surface area contributed by atoms with Gasteiger partial charge in [0, 0.05) is 17.1 Å². The minimum absolute atomic E-state index is 0.175. The van der Waals surface area contributed by atoms with Crippen LogP contribution in [0.5, 0.6) is 5.75 Å². The fraction of sp³-hybridized carbons (Fsp3) is 0.231. The van der Waals surface area contributed by atoms with E-state index in [1.807, 2.05) is 0 Å². The molecule has 106 valence electrons. The van der Waals surface area contributed by atoms with Crippen molar-refractivity contribution in [3.8, 4) is 5.75 Å². The molecule has 2 N–H and O–H groups in total. The maximum Gasteiger partial charge on any atom is 0.270 e. The SMILES string of the molecule is NCCOc1cnn(Cc2cc(F)ccc2Br)c(=O)c1. The molecule has 7 heteroatoms. The van der Waals surface area contributed by atoms with Gasteiger partial charge in [-0.25, -0.2) is 9.07 Å². The van der Waals surface area contributed by atoms with Gasteiger partial charge in [-0.15, -0.1) is 0 Å². The third-order valence-electron chi connectivity index (χ3n) is 2.56. The lowest BCUT2D eigenvalue weighted by Crippen LogP contribution is -2.23. The molecule has 0 bridgehead atoms. The second-order valence-corrected chi connectivity index (χ2v) is 4.91. The molecule has 0 aliphatic heterocycles. The number of hydrogen-bond acceptors (Lipinski definition) is 4. The largest absolute Gasteiger partial charge is 0.490 e. The van der Waals surface area contributed by atoms with Crippen molar-refractivity contribution in [2.45, 2.75) is 6.54 Å². The molecule has 0 fully saturated rings. The van der Waals surface area contributed by atoms with E-state index in [0.29, 0.717) is 24.5 Å². The molecule has 0 amide bonds. The van der Waals surface area contributed by atoms with Crippen LogP contribution in [0.15, 0.2) is 39.7 Å². The summed E-state index contributed by atoms with van der Waals surface area (Å²) in [6, 6.07) is 5.62. The lowest BCUT2D eigenvalue weighted by Gasteiger charge is -2.08. The number of halogens is 2. The lowest BCUT2D eigenvalue weighted by molar-refractivity contribution is 0.324. The Hall–Kier alpha value is -1.73. The van der Waals surface area contributed by atoms with Crippen LogP contribution in [0.2, 0.25) is 0 Å². The topological polar surface area (TPSA) is 70.1 Å². The van der Waals surface area contributed by atoms with Crippen molar-refractivity contribution in [2.24, 2.45) is 5.73 Å². The first-order chi connectivity index (χ1) is 9.60. The Labute approximate surface area is 123 Å². The number of benzene rings is 1. The first-order valence-corrected chi connectivity index (χ1v) is 6.73. The minimum Gasteiger partial charge on any atom is -0.490 e. The Kier molecular flexibility index (Phi) is 4.86. The third-order valence-corrected chi connectivity index (χ3v) is 3.33. The van der Waals surface area contributed by atoms with Crippen LogP contribution in [0.1, 0.15) is 5.56 Å². The van der Waals surface area contributed by atoms with Crippen LogP contribution in [0.4, 0.5) is 4.39 Å². The zero-order chi connectivity index (χ0) is 14.5. The molecule has 20 heavy (non-hydrogen) atoms. The second-order valence-electron chi connectivity index (χ2n) is 4.06. The van der Waals surface area contributed by atoms with E-state index in [1.165, 1.54) is 29.1 Å². The minimum atomic E-state index is -0.362. The number of hydrogen-bond donors (Lipinski definition) is 1. The zero-order valence-corrected chi connectivity index (χ0v) is 12.1. The zero-order valence-electron chi connectivity index (χ0n) is 10.6. The van der Waals surface area contributed by atoms with E-state index in [2.05, 4.69) is 21.0 Å². The maximum atomic E-state index is 13.2. The molecule has 2 aromatic rings. The fourth-order valence-electron chi connectivity index (χ4n) is 1.62. The van der Waals surface area contributed by atoms with Gasteiger partial charge in [-0.3, -0.25) is 4.79 Å². The van der Waals surface area contributed by atoms with E-state index in [-0.39, 0.29) is 17.9 Å². The van der Waals surface area contributed by atoms with Gasteiger partial charge in [0.15, 0.2) is 0 Å². The first kappa shape index (κ1) is 14.7. The summed E-state index contributed by atoms with van der Waals surface area (Å²) in [4.78, 5) is 11.9. The Morgan fingerprint density at radius 3 is 2.90 bits per heavy atom. The molecule has 1 aromatic heterocycles. The number of nitrogens with two attached hydrogens (primary N) is 1. The van der Waals surface area contributed by atoms with Crippen LogP contribution in [-0.2, 0) is 6.54 Å². The standard InChI is InChI=1S/C13H13BrFN3O2/c14-12-2-1-10(15)5-9(12)8-18-13(19)6-11(7-17-18)20-4-3-16/h1-2,5-7H,3-4,8,16H2. The monoisotopic (exact) mass is 341 g/mol. The molecule has 0 atom stereocenters. The summed E-state index contributed by atoms with van der Waals surface area (Å²) in [5.41, 5.74) is 5.62. The normalized spacial score (nSPS) is 10.6. The van der Waals surface area contributed by atoms with E-state index in [1.54, 1.807) is 6.07 Å². The fourth-order valence-corrected chi connectivity index (χ4v) is 1.99.